The first-order chi connectivity index (χ1) is 32.2. The topological polar surface area (TPSA) is 272 Å². The third kappa shape index (κ3) is 18.5. The minimum absolute atomic E-state index is 0.0177. The predicted octanol–water partition coefficient (Wildman–Crippen LogP) is 4.75. The van der Waals surface area contributed by atoms with Gasteiger partial charge in [-0.15, -0.1) is 11.3 Å². The molecule has 0 bridgehead atoms. The van der Waals surface area contributed by atoms with Crippen LogP contribution in [0.2, 0.25) is 0 Å². The fraction of sp³-hybridized carbons (Fsp3) is 0.255. The van der Waals surface area contributed by atoms with E-state index in [0.29, 0.717) is 54.9 Å². The number of urea groups is 3. The quantitative estimate of drug-likeness (QED) is 0.0564. The van der Waals surface area contributed by atoms with E-state index in [9.17, 15) is 24.0 Å². The third-order valence-corrected chi connectivity index (χ3v) is 10.6. The number of nitrogens with two attached hydrogens (primary N) is 3. The summed E-state index contributed by atoms with van der Waals surface area (Å²) in [5.74, 6) is 0.299. The number of nitrogen functional groups attached to an aromatic ring is 3. The van der Waals surface area contributed by atoms with E-state index in [1.165, 1.54) is 32.4 Å². The molecule has 0 saturated carbocycles. The van der Waals surface area contributed by atoms with Crippen LogP contribution in [0.4, 0.5) is 37.3 Å². The summed E-state index contributed by atoms with van der Waals surface area (Å²) >= 11 is 1.35. The number of hydrogen-bond acceptors (Lipinski definition) is 12. The maximum atomic E-state index is 12.1. The number of hydrogen-bond donors (Lipinski definition) is 9. The van der Waals surface area contributed by atoms with Gasteiger partial charge in [0.05, 0.1) is 19.3 Å². The highest BCUT2D eigenvalue weighted by Crippen LogP contribution is 2.10. The minimum Gasteiger partial charge on any atom is -0.399 e. The van der Waals surface area contributed by atoms with Crippen LogP contribution >= 0.6 is 11.3 Å². The maximum Gasteiger partial charge on any atom is 0.319 e. The third-order valence-electron chi connectivity index (χ3n) is 9.85. The van der Waals surface area contributed by atoms with E-state index in [1.54, 1.807) is 49.1 Å². The number of thiazole rings is 1. The summed E-state index contributed by atoms with van der Waals surface area (Å²) in [6.07, 6.45) is 5.52. The van der Waals surface area contributed by atoms with Crippen molar-refractivity contribution in [3.8, 4) is 0 Å². The molecule has 0 fully saturated rings. The highest BCUT2D eigenvalue weighted by Gasteiger charge is 2.11. The summed E-state index contributed by atoms with van der Waals surface area (Å²) in [6.45, 7) is 12.0. The van der Waals surface area contributed by atoms with Crippen molar-refractivity contribution < 1.29 is 19.2 Å². The number of rotatable bonds is 17. The first-order valence-corrected chi connectivity index (χ1v) is 22.2. The Hall–Kier alpha value is -8.13. The van der Waals surface area contributed by atoms with Gasteiger partial charge >= 0.3 is 18.1 Å². The first kappa shape index (κ1) is 51.5. The summed E-state index contributed by atoms with van der Waals surface area (Å²) in [5, 5.41) is 17.8. The Morgan fingerprint density at radius 3 is 1.81 bits per heavy atom. The van der Waals surface area contributed by atoms with Crippen LogP contribution in [0, 0.1) is 0 Å². The molecule has 3 aromatic heterocycles. The van der Waals surface area contributed by atoms with Crippen LogP contribution in [0.3, 0.4) is 0 Å². The Morgan fingerprint density at radius 1 is 0.672 bits per heavy atom. The van der Waals surface area contributed by atoms with Gasteiger partial charge in [0, 0.05) is 81.2 Å². The zero-order chi connectivity index (χ0) is 48.6. The van der Waals surface area contributed by atoms with Crippen LogP contribution in [0.25, 0.3) is 4.96 Å². The summed E-state index contributed by atoms with van der Waals surface area (Å²) in [7, 11) is 1.68. The van der Waals surface area contributed by atoms with Gasteiger partial charge in [-0.25, -0.2) is 24.4 Å². The van der Waals surface area contributed by atoms with Crippen molar-refractivity contribution in [1.29, 1.82) is 0 Å². The number of fused-ring (bicyclic) bond motifs is 1. The van der Waals surface area contributed by atoms with E-state index in [1.807, 2.05) is 61.5 Å². The molecule has 19 nitrogen and oxygen atoms in total. The molecule has 3 aromatic carbocycles. The molecule has 0 aliphatic heterocycles. The van der Waals surface area contributed by atoms with E-state index >= 15 is 0 Å². The maximum absolute atomic E-state index is 12.1. The highest BCUT2D eigenvalue weighted by molar-refractivity contribution is 7.15. The first-order valence-electron chi connectivity index (χ1n) is 21.4. The van der Waals surface area contributed by atoms with E-state index in [-0.39, 0.29) is 29.7 Å². The number of amides is 7. The van der Waals surface area contributed by atoms with Crippen molar-refractivity contribution in [2.75, 3.05) is 62.3 Å². The number of benzene rings is 3. The lowest BCUT2D eigenvalue weighted by Crippen LogP contribution is -2.42. The minimum atomic E-state index is -0.467. The SMILES string of the molecule is C=C(CNC(=O)NCc1ccc(N)cc1)N(CC)CCc1ccccc1.CCN(C)C(=O)CNC(=O)NCc1ccc(N)nc1.Nc1ccc(CNC(=O)Nc2cnc3sccn3c2=O)cc1. The summed E-state index contributed by atoms with van der Waals surface area (Å²) < 4.78 is 1.39. The van der Waals surface area contributed by atoms with Gasteiger partial charge in [-0.1, -0.05) is 67.2 Å². The van der Waals surface area contributed by atoms with Crippen LogP contribution in [0.1, 0.15) is 36.1 Å². The van der Waals surface area contributed by atoms with Gasteiger partial charge < -0.3 is 58.9 Å². The van der Waals surface area contributed by atoms with Crippen LogP contribution < -0.4 is 54.7 Å². The van der Waals surface area contributed by atoms with Crippen molar-refractivity contribution in [1.82, 2.24) is 50.8 Å². The van der Waals surface area contributed by atoms with Crippen molar-refractivity contribution in [2.45, 2.75) is 39.9 Å². The fourth-order valence-corrected chi connectivity index (χ4v) is 6.45. The van der Waals surface area contributed by atoms with Gasteiger partial charge in [0.25, 0.3) is 5.56 Å². The molecular weight excluding hydrogens is 873 g/mol. The second kappa shape index (κ2) is 27.3. The van der Waals surface area contributed by atoms with Gasteiger partial charge in [0.2, 0.25) is 5.91 Å². The molecule has 0 atom stereocenters. The Balaban J connectivity index is 0.000000222. The van der Waals surface area contributed by atoms with Crippen LogP contribution in [0.15, 0.2) is 132 Å². The second-order valence-electron chi connectivity index (χ2n) is 14.8. The largest absolute Gasteiger partial charge is 0.399 e. The molecule has 0 aliphatic carbocycles. The lowest BCUT2D eigenvalue weighted by atomic mass is 10.1. The number of carbonyl (C=O) groups excluding carboxylic acids is 4. The Kier molecular flexibility index (Phi) is 21.0. The molecule has 0 saturated heterocycles. The summed E-state index contributed by atoms with van der Waals surface area (Å²) in [5.41, 5.74) is 22.9. The predicted molar refractivity (Wildman–Crippen MR) is 266 cm³/mol. The van der Waals surface area contributed by atoms with Gasteiger partial charge in [-0.3, -0.25) is 14.0 Å². The number of pyridine rings is 1. The molecule has 3 heterocycles. The normalized spacial score (nSPS) is 10.2. The number of anilines is 4. The zero-order valence-electron chi connectivity index (χ0n) is 38.0. The number of likely N-dealkylation sites (N-methyl/N-ethyl adjacent to an activating group) is 2. The van der Waals surface area contributed by atoms with Gasteiger partial charge in [0.15, 0.2) is 4.96 Å². The summed E-state index contributed by atoms with van der Waals surface area (Å²) in [4.78, 5) is 71.2. The van der Waals surface area contributed by atoms with Crippen LogP contribution in [-0.4, -0.2) is 87.9 Å². The Morgan fingerprint density at radius 2 is 1.24 bits per heavy atom. The average molecular weight is 933 g/mol. The molecular formula is C47H60N14O5S. The van der Waals surface area contributed by atoms with Crippen LogP contribution in [0.5, 0.6) is 0 Å². The zero-order valence-corrected chi connectivity index (χ0v) is 38.8. The van der Waals surface area contributed by atoms with Crippen molar-refractivity contribution >= 4 is 63.2 Å². The van der Waals surface area contributed by atoms with Crippen molar-refractivity contribution in [3.05, 3.63) is 160 Å². The molecule has 6 aromatic rings. The van der Waals surface area contributed by atoms with Gasteiger partial charge in [0.1, 0.15) is 11.5 Å². The summed E-state index contributed by atoms with van der Waals surface area (Å²) in [6, 6.07) is 27.3. The average Bonchev–Trinajstić information content (AvgIpc) is 3.83. The number of nitrogens with one attached hydrogen (secondary N) is 6. The van der Waals surface area contributed by atoms with Gasteiger partial charge in [-0.05, 0) is 72.9 Å². The second-order valence-corrected chi connectivity index (χ2v) is 15.6. The molecule has 7 amide bonds. The van der Waals surface area contributed by atoms with Crippen molar-refractivity contribution in [2.24, 2.45) is 0 Å². The highest BCUT2D eigenvalue weighted by atomic mass is 32.1. The van der Waals surface area contributed by atoms with E-state index in [0.717, 1.165) is 41.9 Å². The standard InChI is InChI=1S/C21H28N4O.C14H13N5O2S.C12H19N5O2/c1-3-25(14-13-18-7-5-4-6-8-18)17(2)15-23-21(26)24-16-19-9-11-20(22)12-10-19;15-10-3-1-9(2-4-10)7-16-13(21)18-11-8-17-14-19(12(11)20)5-6-22-14;1-3-17(2)11(18)8-16-12(19)15-7-9-4-5-10(13)14-6-9/h4-12H,2-3,13-16,22H2,1H3,(H2,23,24,26);1-6,8H,7,15H2,(H2,16,18,21);4-6H,3,7-8H2,1-2H3,(H2,13,14)(H2,15,16,19). The molecule has 354 valence electrons. The van der Waals surface area contributed by atoms with E-state index < -0.39 is 12.1 Å². The van der Waals surface area contributed by atoms with Crippen LogP contribution in [-0.2, 0) is 30.8 Å². The molecule has 67 heavy (non-hydrogen) atoms. The molecule has 0 radical (unpaired) electrons. The Labute approximate surface area is 393 Å². The molecule has 12 N–H and O–H groups in total. The molecule has 6 rings (SSSR count). The van der Waals surface area contributed by atoms with Gasteiger partial charge in [-0.2, -0.15) is 0 Å². The van der Waals surface area contributed by atoms with E-state index in [4.69, 9.17) is 17.2 Å². The number of nitrogens with zero attached hydrogens (tertiary/aromatic N) is 5. The smallest absolute Gasteiger partial charge is 0.319 e. The molecule has 0 spiro atoms. The molecule has 0 unspecified atom stereocenters. The number of aromatic nitrogens is 3. The lowest BCUT2D eigenvalue weighted by Gasteiger charge is -2.25. The number of carbonyl (C=O) groups is 4. The van der Waals surface area contributed by atoms with E-state index in [2.05, 4.69) is 72.4 Å². The molecule has 0 aliphatic rings. The fourth-order valence-electron chi connectivity index (χ4n) is 5.77. The Bertz CT molecular complexity index is 2550. The monoisotopic (exact) mass is 932 g/mol. The molecule has 20 heteroatoms. The van der Waals surface area contributed by atoms with Crippen molar-refractivity contribution in [3.63, 3.8) is 0 Å². The lowest BCUT2D eigenvalue weighted by molar-refractivity contribution is -0.128.